The molecule has 0 atom stereocenters. The molecule has 0 spiro atoms. The van der Waals surface area contributed by atoms with Gasteiger partial charge >= 0.3 is 0 Å². The van der Waals surface area contributed by atoms with Crippen LogP contribution in [0.1, 0.15) is 18.1 Å². The van der Waals surface area contributed by atoms with Crippen LogP contribution in [0.4, 0.5) is 0 Å². The largest absolute Gasteiger partial charge is 0.273 e. The molecule has 4 heteroatoms. The number of rotatable bonds is 1. The maximum Gasteiger partial charge on any atom is 0.247 e. The maximum absolute atomic E-state index is 11.5. The summed E-state index contributed by atoms with van der Waals surface area (Å²) in [5, 5.41) is 5.03. The van der Waals surface area contributed by atoms with Crippen molar-refractivity contribution in [2.75, 3.05) is 0 Å². The van der Waals surface area contributed by atoms with Gasteiger partial charge in [0.05, 0.1) is 11.7 Å². The number of carbonyl (C=O) groups is 1. The summed E-state index contributed by atoms with van der Waals surface area (Å²) in [5.41, 5.74) is 0.861. The zero-order valence-corrected chi connectivity index (χ0v) is 9.28. The van der Waals surface area contributed by atoms with Gasteiger partial charge in [0.2, 0.25) is 5.91 Å². The third kappa shape index (κ3) is 1.46. The standard InChI is InChI=1S/C10H9BrN2O/c1-2-10(14)13-9-4-3-8(11)5-7(9)6-12-13/h3-6H,2H2,1H3. The first-order valence-electron chi connectivity index (χ1n) is 4.39. The molecular weight excluding hydrogens is 244 g/mol. The van der Waals surface area contributed by atoms with Crippen LogP contribution in [0.5, 0.6) is 0 Å². The Morgan fingerprint density at radius 1 is 1.57 bits per heavy atom. The van der Waals surface area contributed by atoms with Gasteiger partial charge in [0.15, 0.2) is 0 Å². The summed E-state index contributed by atoms with van der Waals surface area (Å²) in [5.74, 6) is 0.0160. The molecule has 0 aliphatic rings. The molecule has 0 unspecified atom stereocenters. The minimum atomic E-state index is 0.0160. The molecule has 2 aromatic rings. The minimum absolute atomic E-state index is 0.0160. The molecule has 3 nitrogen and oxygen atoms in total. The first-order valence-corrected chi connectivity index (χ1v) is 5.18. The van der Waals surface area contributed by atoms with Gasteiger partial charge < -0.3 is 0 Å². The summed E-state index contributed by atoms with van der Waals surface area (Å²) in [6, 6.07) is 5.74. The third-order valence-corrected chi connectivity index (χ3v) is 2.56. The zero-order chi connectivity index (χ0) is 10.1. The van der Waals surface area contributed by atoms with Crippen LogP contribution >= 0.6 is 15.9 Å². The van der Waals surface area contributed by atoms with Gasteiger partial charge in [0, 0.05) is 16.3 Å². The fourth-order valence-electron chi connectivity index (χ4n) is 1.35. The lowest BCUT2D eigenvalue weighted by Crippen LogP contribution is -2.09. The van der Waals surface area contributed by atoms with Crippen molar-refractivity contribution in [3.05, 3.63) is 28.9 Å². The van der Waals surface area contributed by atoms with E-state index in [0.717, 1.165) is 15.4 Å². The van der Waals surface area contributed by atoms with Crippen molar-refractivity contribution in [2.45, 2.75) is 13.3 Å². The lowest BCUT2D eigenvalue weighted by molar-refractivity contribution is 0.0899. The molecule has 0 aliphatic carbocycles. The number of halogens is 1. The highest BCUT2D eigenvalue weighted by molar-refractivity contribution is 9.10. The van der Waals surface area contributed by atoms with Crippen molar-refractivity contribution in [1.29, 1.82) is 0 Å². The second kappa shape index (κ2) is 3.53. The normalized spacial score (nSPS) is 10.7. The van der Waals surface area contributed by atoms with Crippen molar-refractivity contribution in [2.24, 2.45) is 0 Å². The quantitative estimate of drug-likeness (QED) is 0.783. The van der Waals surface area contributed by atoms with Crippen molar-refractivity contribution < 1.29 is 4.79 Å². The fraction of sp³-hybridized carbons (Fsp3) is 0.200. The lowest BCUT2D eigenvalue weighted by atomic mass is 10.2. The van der Waals surface area contributed by atoms with E-state index in [4.69, 9.17) is 0 Å². The van der Waals surface area contributed by atoms with Crippen LogP contribution in [0.2, 0.25) is 0 Å². The molecule has 72 valence electrons. The predicted molar refractivity (Wildman–Crippen MR) is 58.4 cm³/mol. The molecule has 0 N–H and O–H groups in total. The summed E-state index contributed by atoms with van der Waals surface area (Å²) in [6.07, 6.45) is 2.17. The van der Waals surface area contributed by atoms with E-state index in [0.29, 0.717) is 6.42 Å². The molecule has 0 radical (unpaired) electrons. The van der Waals surface area contributed by atoms with Crippen molar-refractivity contribution in [3.8, 4) is 0 Å². The number of benzene rings is 1. The van der Waals surface area contributed by atoms with E-state index < -0.39 is 0 Å². The molecule has 0 saturated heterocycles. The maximum atomic E-state index is 11.5. The van der Waals surface area contributed by atoms with E-state index in [-0.39, 0.29) is 5.91 Å². The van der Waals surface area contributed by atoms with Crippen molar-refractivity contribution >= 4 is 32.7 Å². The molecule has 14 heavy (non-hydrogen) atoms. The molecule has 2 rings (SSSR count). The van der Waals surface area contributed by atoms with Gasteiger partial charge in [-0.05, 0) is 18.2 Å². The van der Waals surface area contributed by atoms with E-state index >= 15 is 0 Å². The van der Waals surface area contributed by atoms with E-state index in [1.165, 1.54) is 4.68 Å². The summed E-state index contributed by atoms with van der Waals surface area (Å²) in [6.45, 7) is 1.83. The Hall–Kier alpha value is -1.16. The number of hydrogen-bond donors (Lipinski definition) is 0. The summed E-state index contributed by atoms with van der Waals surface area (Å²) < 4.78 is 2.44. The Morgan fingerprint density at radius 2 is 2.36 bits per heavy atom. The van der Waals surface area contributed by atoms with E-state index in [2.05, 4.69) is 21.0 Å². The molecule has 0 aliphatic heterocycles. The summed E-state index contributed by atoms with van der Waals surface area (Å²) in [4.78, 5) is 11.5. The SMILES string of the molecule is CCC(=O)n1ncc2cc(Br)ccc21. The molecule has 0 saturated carbocycles. The highest BCUT2D eigenvalue weighted by Gasteiger charge is 2.07. The van der Waals surface area contributed by atoms with Crippen LogP contribution < -0.4 is 0 Å². The van der Waals surface area contributed by atoms with Crippen molar-refractivity contribution in [3.63, 3.8) is 0 Å². The van der Waals surface area contributed by atoms with Crippen LogP contribution in [0.3, 0.4) is 0 Å². The molecule has 0 fully saturated rings. The number of aromatic nitrogens is 2. The van der Waals surface area contributed by atoms with Gasteiger partial charge in [-0.3, -0.25) is 4.79 Å². The monoisotopic (exact) mass is 252 g/mol. The van der Waals surface area contributed by atoms with Gasteiger partial charge in [-0.2, -0.15) is 5.10 Å². The highest BCUT2D eigenvalue weighted by atomic mass is 79.9. The highest BCUT2D eigenvalue weighted by Crippen LogP contribution is 2.19. The fourth-order valence-corrected chi connectivity index (χ4v) is 1.73. The molecule has 1 aromatic carbocycles. The Labute approximate surface area is 89.8 Å². The molecule has 1 aromatic heterocycles. The summed E-state index contributed by atoms with van der Waals surface area (Å²) in [7, 11) is 0. The Morgan fingerprint density at radius 3 is 3.07 bits per heavy atom. The minimum Gasteiger partial charge on any atom is -0.273 e. The Bertz CT molecular complexity index is 490. The van der Waals surface area contributed by atoms with E-state index in [1.807, 2.05) is 25.1 Å². The number of carbonyl (C=O) groups excluding carboxylic acids is 1. The topological polar surface area (TPSA) is 34.9 Å². The average molecular weight is 253 g/mol. The lowest BCUT2D eigenvalue weighted by Gasteiger charge is -1.98. The molecule has 0 amide bonds. The average Bonchev–Trinajstić information content (AvgIpc) is 2.59. The van der Waals surface area contributed by atoms with E-state index in [9.17, 15) is 4.79 Å². The van der Waals surface area contributed by atoms with Gasteiger partial charge in [-0.15, -0.1) is 0 Å². The molecule has 0 bridgehead atoms. The van der Waals surface area contributed by atoms with Crippen molar-refractivity contribution in [1.82, 2.24) is 9.78 Å². The van der Waals surface area contributed by atoms with Gasteiger partial charge in [0.25, 0.3) is 0 Å². The third-order valence-electron chi connectivity index (χ3n) is 2.07. The second-order valence-corrected chi connectivity index (χ2v) is 3.92. The van der Waals surface area contributed by atoms with Crippen LogP contribution in [0.15, 0.2) is 28.9 Å². The second-order valence-electron chi connectivity index (χ2n) is 3.01. The number of hydrogen-bond acceptors (Lipinski definition) is 2. The van der Waals surface area contributed by atoms with Crippen LogP contribution in [0, 0.1) is 0 Å². The van der Waals surface area contributed by atoms with Crippen LogP contribution in [-0.2, 0) is 0 Å². The van der Waals surface area contributed by atoms with Gasteiger partial charge in [0.1, 0.15) is 0 Å². The Kier molecular flexibility index (Phi) is 2.37. The summed E-state index contributed by atoms with van der Waals surface area (Å²) >= 11 is 3.37. The smallest absolute Gasteiger partial charge is 0.247 e. The van der Waals surface area contributed by atoms with E-state index in [1.54, 1.807) is 6.20 Å². The zero-order valence-electron chi connectivity index (χ0n) is 7.70. The van der Waals surface area contributed by atoms with Crippen LogP contribution in [-0.4, -0.2) is 15.7 Å². The number of nitrogens with zero attached hydrogens (tertiary/aromatic N) is 2. The first kappa shape index (κ1) is 9.40. The predicted octanol–water partition coefficient (Wildman–Crippen LogP) is 2.85. The number of fused-ring (bicyclic) bond motifs is 1. The first-order chi connectivity index (χ1) is 6.72. The van der Waals surface area contributed by atoms with Gasteiger partial charge in [-0.25, -0.2) is 4.68 Å². The Balaban J connectivity index is 2.64. The van der Waals surface area contributed by atoms with Gasteiger partial charge in [-0.1, -0.05) is 22.9 Å². The van der Waals surface area contributed by atoms with Crippen LogP contribution in [0.25, 0.3) is 10.9 Å². The molecule has 1 heterocycles. The molecular formula is C10H9BrN2O.